The summed E-state index contributed by atoms with van der Waals surface area (Å²) in [7, 11) is 0. The van der Waals surface area contributed by atoms with Crippen LogP contribution in [-0.4, -0.2) is 21.5 Å². The maximum Gasteiger partial charge on any atom is 0.382 e. The van der Waals surface area contributed by atoms with Crippen molar-refractivity contribution in [2.24, 2.45) is 0 Å². The van der Waals surface area contributed by atoms with Crippen molar-refractivity contribution < 1.29 is 14.8 Å². The molecule has 0 aromatic heterocycles. The summed E-state index contributed by atoms with van der Waals surface area (Å²) in [6.07, 6.45) is -0.00463. The summed E-state index contributed by atoms with van der Waals surface area (Å²) in [5.41, 5.74) is -1.82. The van der Waals surface area contributed by atoms with Crippen molar-refractivity contribution in [3.63, 3.8) is 0 Å². The van der Waals surface area contributed by atoms with Crippen molar-refractivity contribution in [2.45, 2.75) is 25.8 Å². The SMILES string of the molecule is CCC(C)(C(=O)O)[N+](=O)[O-]. The molecule has 0 bridgehead atoms. The third kappa shape index (κ3) is 1.23. The van der Waals surface area contributed by atoms with Gasteiger partial charge >= 0.3 is 11.5 Å². The minimum Gasteiger partial charge on any atom is -0.476 e. The molecular weight excluding hydrogens is 138 g/mol. The lowest BCUT2D eigenvalue weighted by atomic mass is 10.0. The summed E-state index contributed by atoms with van der Waals surface area (Å²) >= 11 is 0. The lowest BCUT2D eigenvalue weighted by molar-refractivity contribution is -0.550. The average Bonchev–Trinajstić information content (AvgIpc) is 1.85. The molecule has 10 heavy (non-hydrogen) atoms. The quantitative estimate of drug-likeness (QED) is 0.466. The number of hydrogen-bond acceptors (Lipinski definition) is 3. The van der Waals surface area contributed by atoms with Crippen LogP contribution < -0.4 is 0 Å². The monoisotopic (exact) mass is 147 g/mol. The Hall–Kier alpha value is -1.13. The van der Waals surface area contributed by atoms with Crippen LogP contribution in [0, 0.1) is 10.1 Å². The largest absolute Gasteiger partial charge is 0.476 e. The van der Waals surface area contributed by atoms with Gasteiger partial charge in [0.2, 0.25) is 0 Å². The van der Waals surface area contributed by atoms with Crippen molar-refractivity contribution >= 4 is 5.97 Å². The highest BCUT2D eigenvalue weighted by Gasteiger charge is 2.43. The van der Waals surface area contributed by atoms with Crippen molar-refractivity contribution in [1.82, 2.24) is 0 Å². The number of carbonyl (C=O) groups is 1. The Morgan fingerprint density at radius 1 is 1.80 bits per heavy atom. The second kappa shape index (κ2) is 2.64. The molecule has 1 unspecified atom stereocenters. The molecule has 0 saturated heterocycles. The van der Waals surface area contributed by atoms with Crippen LogP contribution in [0.4, 0.5) is 0 Å². The predicted molar refractivity (Wildman–Crippen MR) is 33.3 cm³/mol. The Morgan fingerprint density at radius 3 is 2.20 bits per heavy atom. The van der Waals surface area contributed by atoms with E-state index in [1.807, 2.05) is 0 Å². The van der Waals surface area contributed by atoms with E-state index in [1.165, 1.54) is 6.92 Å². The van der Waals surface area contributed by atoms with E-state index in [0.29, 0.717) is 0 Å². The van der Waals surface area contributed by atoms with E-state index in [9.17, 15) is 14.9 Å². The second-order valence-corrected chi connectivity index (χ2v) is 2.19. The summed E-state index contributed by atoms with van der Waals surface area (Å²) in [5, 5.41) is 18.5. The third-order valence-corrected chi connectivity index (χ3v) is 1.55. The van der Waals surface area contributed by atoms with Crippen molar-refractivity contribution in [3.05, 3.63) is 10.1 Å². The van der Waals surface area contributed by atoms with Crippen LogP contribution >= 0.6 is 0 Å². The van der Waals surface area contributed by atoms with Crippen LogP contribution in [0.25, 0.3) is 0 Å². The van der Waals surface area contributed by atoms with Crippen molar-refractivity contribution in [1.29, 1.82) is 0 Å². The van der Waals surface area contributed by atoms with E-state index in [1.54, 1.807) is 0 Å². The fourth-order valence-corrected chi connectivity index (χ4v) is 0.358. The first-order valence-corrected chi connectivity index (χ1v) is 2.83. The molecule has 5 nitrogen and oxygen atoms in total. The molecule has 1 atom stereocenters. The molecule has 0 aliphatic rings. The maximum absolute atomic E-state index is 10.3. The van der Waals surface area contributed by atoms with E-state index >= 15 is 0 Å². The summed E-state index contributed by atoms with van der Waals surface area (Å²) in [4.78, 5) is 19.6. The summed E-state index contributed by atoms with van der Waals surface area (Å²) in [6.45, 7) is 2.56. The van der Waals surface area contributed by atoms with Crippen LogP contribution in [0.3, 0.4) is 0 Å². The smallest absolute Gasteiger partial charge is 0.382 e. The molecular formula is C5H9NO4. The van der Waals surface area contributed by atoms with E-state index in [2.05, 4.69) is 0 Å². The molecule has 0 aromatic carbocycles. The molecule has 0 aliphatic heterocycles. The first kappa shape index (κ1) is 8.87. The van der Waals surface area contributed by atoms with Gasteiger partial charge in [-0.3, -0.25) is 10.1 Å². The first-order chi connectivity index (χ1) is 4.45. The molecule has 1 N–H and O–H groups in total. The molecule has 0 heterocycles. The molecule has 0 amide bonds. The van der Waals surface area contributed by atoms with E-state index in [0.717, 1.165) is 6.92 Å². The fourth-order valence-electron chi connectivity index (χ4n) is 0.358. The van der Waals surface area contributed by atoms with Crippen LogP contribution in [0.15, 0.2) is 0 Å². The molecule has 0 aliphatic carbocycles. The standard InChI is InChI=1S/C5H9NO4/c1-3-5(2,4(7)8)6(9)10/h3H2,1-2H3,(H,7,8). The van der Waals surface area contributed by atoms with Gasteiger partial charge in [-0.1, -0.05) is 6.92 Å². The van der Waals surface area contributed by atoms with Crippen molar-refractivity contribution in [2.75, 3.05) is 0 Å². The Bertz CT molecular complexity index is 151. The first-order valence-electron chi connectivity index (χ1n) is 2.83. The number of aliphatic carboxylic acids is 1. The zero-order valence-corrected chi connectivity index (χ0v) is 5.83. The van der Waals surface area contributed by atoms with Gasteiger partial charge in [0.05, 0.1) is 0 Å². The van der Waals surface area contributed by atoms with Crippen LogP contribution in [0.5, 0.6) is 0 Å². The van der Waals surface area contributed by atoms with Gasteiger partial charge < -0.3 is 5.11 Å². The van der Waals surface area contributed by atoms with Crippen molar-refractivity contribution in [3.8, 4) is 0 Å². The number of rotatable bonds is 3. The molecule has 0 aromatic rings. The Morgan fingerprint density at radius 2 is 2.20 bits per heavy atom. The number of carboxylic acids is 1. The molecule has 58 valence electrons. The van der Waals surface area contributed by atoms with Crippen LogP contribution in [0.1, 0.15) is 20.3 Å². The van der Waals surface area contributed by atoms with E-state index in [4.69, 9.17) is 5.11 Å². The molecule has 0 saturated carbocycles. The average molecular weight is 147 g/mol. The maximum atomic E-state index is 10.3. The molecule has 0 rings (SSSR count). The number of nitro groups is 1. The minimum absolute atomic E-state index is 0.00463. The number of carboxylic acid groups (broad SMARTS) is 1. The van der Waals surface area contributed by atoms with Gasteiger partial charge in [0, 0.05) is 18.3 Å². The van der Waals surface area contributed by atoms with Gasteiger partial charge in [0.25, 0.3) is 0 Å². The molecule has 0 radical (unpaired) electrons. The number of hydrogen-bond donors (Lipinski definition) is 1. The van der Waals surface area contributed by atoms with E-state index in [-0.39, 0.29) is 6.42 Å². The minimum atomic E-state index is -1.82. The summed E-state index contributed by atoms with van der Waals surface area (Å²) < 4.78 is 0. The zero-order chi connectivity index (χ0) is 8.36. The topological polar surface area (TPSA) is 80.4 Å². The predicted octanol–water partition coefficient (Wildman–Crippen LogP) is 0.516. The third-order valence-electron chi connectivity index (χ3n) is 1.55. The lowest BCUT2D eigenvalue weighted by Crippen LogP contribution is -2.42. The summed E-state index contributed by atoms with van der Waals surface area (Å²) in [6, 6.07) is 0. The molecule has 0 fully saturated rings. The van der Waals surface area contributed by atoms with Gasteiger partial charge in [-0.15, -0.1) is 0 Å². The Labute approximate surface area is 57.8 Å². The van der Waals surface area contributed by atoms with Gasteiger partial charge in [0.15, 0.2) is 0 Å². The zero-order valence-electron chi connectivity index (χ0n) is 5.83. The van der Waals surface area contributed by atoms with Crippen LogP contribution in [0.2, 0.25) is 0 Å². The Kier molecular flexibility index (Phi) is 2.34. The fraction of sp³-hybridized carbons (Fsp3) is 0.800. The number of nitrogens with zero attached hydrogens (tertiary/aromatic N) is 1. The highest BCUT2D eigenvalue weighted by atomic mass is 16.6. The van der Waals surface area contributed by atoms with Gasteiger partial charge in [-0.25, -0.2) is 4.79 Å². The van der Waals surface area contributed by atoms with Gasteiger partial charge in [-0.2, -0.15) is 0 Å². The second-order valence-electron chi connectivity index (χ2n) is 2.19. The highest BCUT2D eigenvalue weighted by Crippen LogP contribution is 2.13. The lowest BCUT2D eigenvalue weighted by Gasteiger charge is -2.12. The van der Waals surface area contributed by atoms with Gasteiger partial charge in [-0.05, 0) is 0 Å². The molecule has 0 spiro atoms. The van der Waals surface area contributed by atoms with Gasteiger partial charge in [0.1, 0.15) is 0 Å². The van der Waals surface area contributed by atoms with E-state index < -0.39 is 16.4 Å². The summed E-state index contributed by atoms with van der Waals surface area (Å²) in [5.74, 6) is -1.39. The highest BCUT2D eigenvalue weighted by molar-refractivity contribution is 5.76. The molecule has 5 heteroatoms. The van der Waals surface area contributed by atoms with Crippen LogP contribution in [-0.2, 0) is 4.79 Å². The Balaban J connectivity index is 4.55. The normalized spacial score (nSPS) is 15.8.